The van der Waals surface area contributed by atoms with Crippen molar-refractivity contribution >= 4 is 23.0 Å². The maximum Gasteiger partial charge on any atom is 0.159 e. The quantitative estimate of drug-likeness (QED) is 0.680. The minimum Gasteiger partial charge on any atom is -0.389 e. The van der Waals surface area contributed by atoms with Crippen molar-refractivity contribution in [2.75, 3.05) is 31.5 Å². The number of likely N-dealkylation sites (N-methyl/N-ethyl adjacent to an activating group) is 1. The van der Waals surface area contributed by atoms with Crippen LogP contribution in [0.25, 0.3) is 0 Å². The maximum absolute atomic E-state index is 5.91. The Bertz CT molecular complexity index is 471. The molecule has 0 aliphatic carbocycles. The first kappa shape index (κ1) is 17.8. The topological polar surface area (TPSA) is 67.1 Å². The van der Waals surface area contributed by atoms with Gasteiger partial charge in [0.15, 0.2) is 5.82 Å². The second kappa shape index (κ2) is 8.89. The van der Waals surface area contributed by atoms with Crippen molar-refractivity contribution in [1.82, 2.24) is 15.1 Å². The third-order valence-electron chi connectivity index (χ3n) is 3.71. The molecule has 0 saturated heterocycles. The summed E-state index contributed by atoms with van der Waals surface area (Å²) in [5.41, 5.74) is 8.87. The molecule has 0 fully saturated rings. The molecular weight excluding hydrogens is 282 g/mol. The fourth-order valence-electron chi connectivity index (χ4n) is 2.43. The Hall–Kier alpha value is -1.27. The molecule has 1 aromatic heterocycles. The van der Waals surface area contributed by atoms with Crippen LogP contribution >= 0.6 is 12.2 Å². The number of hydrogen-bond acceptors (Lipinski definition) is 5. The van der Waals surface area contributed by atoms with Crippen LogP contribution in [0.5, 0.6) is 0 Å². The number of hydrogen-bond donors (Lipinski definition) is 2. The molecule has 0 aliphatic heterocycles. The standard InChI is InChI=1S/C15H27N5S/c1-5-11-12(6-2)18-19-15(13(11)14(16)21)17-9-10-20(7-3)8-4/h5-10H2,1-4H3,(H2,16,21)(H,17,19). The summed E-state index contributed by atoms with van der Waals surface area (Å²) in [6, 6.07) is 0. The van der Waals surface area contributed by atoms with Crippen molar-refractivity contribution in [3.05, 3.63) is 16.8 Å². The Morgan fingerprint density at radius 3 is 2.29 bits per heavy atom. The minimum atomic E-state index is 0.391. The van der Waals surface area contributed by atoms with Crippen molar-refractivity contribution in [2.24, 2.45) is 5.73 Å². The van der Waals surface area contributed by atoms with E-state index in [1.807, 2.05) is 0 Å². The van der Waals surface area contributed by atoms with Crippen molar-refractivity contribution < 1.29 is 0 Å². The highest BCUT2D eigenvalue weighted by molar-refractivity contribution is 7.80. The third kappa shape index (κ3) is 4.61. The van der Waals surface area contributed by atoms with Gasteiger partial charge in [-0.05, 0) is 31.5 Å². The van der Waals surface area contributed by atoms with E-state index < -0.39 is 0 Å². The van der Waals surface area contributed by atoms with Gasteiger partial charge in [0.2, 0.25) is 0 Å². The summed E-state index contributed by atoms with van der Waals surface area (Å²) in [4.78, 5) is 2.74. The first-order valence-electron chi connectivity index (χ1n) is 7.73. The molecule has 1 heterocycles. The Kier molecular flexibility index (Phi) is 7.53. The number of rotatable bonds is 9. The molecule has 1 aromatic rings. The molecular formula is C15H27N5S. The van der Waals surface area contributed by atoms with Gasteiger partial charge >= 0.3 is 0 Å². The Balaban J connectivity index is 2.94. The van der Waals surface area contributed by atoms with Gasteiger partial charge in [0, 0.05) is 13.1 Å². The van der Waals surface area contributed by atoms with Crippen LogP contribution in [-0.2, 0) is 12.8 Å². The predicted octanol–water partition coefficient (Wildman–Crippen LogP) is 1.99. The summed E-state index contributed by atoms with van der Waals surface area (Å²) >= 11 is 5.22. The van der Waals surface area contributed by atoms with E-state index in [4.69, 9.17) is 18.0 Å². The van der Waals surface area contributed by atoms with Gasteiger partial charge in [-0.25, -0.2) is 0 Å². The lowest BCUT2D eigenvalue weighted by molar-refractivity contribution is 0.316. The Morgan fingerprint density at radius 1 is 1.14 bits per heavy atom. The van der Waals surface area contributed by atoms with Gasteiger partial charge in [-0.3, -0.25) is 0 Å². The van der Waals surface area contributed by atoms with Crippen LogP contribution in [-0.4, -0.2) is 46.3 Å². The molecule has 1 rings (SSSR count). The average Bonchev–Trinajstić information content (AvgIpc) is 2.50. The van der Waals surface area contributed by atoms with E-state index in [0.29, 0.717) is 10.8 Å². The summed E-state index contributed by atoms with van der Waals surface area (Å²) in [5.74, 6) is 0.712. The molecule has 0 saturated carbocycles. The fourth-order valence-corrected chi connectivity index (χ4v) is 2.65. The van der Waals surface area contributed by atoms with E-state index in [-0.39, 0.29) is 0 Å². The van der Waals surface area contributed by atoms with Gasteiger partial charge in [0.1, 0.15) is 4.99 Å². The molecule has 0 amide bonds. The largest absolute Gasteiger partial charge is 0.389 e. The number of nitrogens with one attached hydrogen (secondary N) is 1. The van der Waals surface area contributed by atoms with E-state index in [9.17, 15) is 0 Å². The first-order chi connectivity index (χ1) is 10.1. The first-order valence-corrected chi connectivity index (χ1v) is 8.14. The van der Waals surface area contributed by atoms with Crippen LogP contribution in [0.2, 0.25) is 0 Å². The number of anilines is 1. The van der Waals surface area contributed by atoms with E-state index in [1.165, 1.54) is 0 Å². The number of aryl methyl sites for hydroxylation is 1. The average molecular weight is 309 g/mol. The van der Waals surface area contributed by atoms with Crippen LogP contribution in [0.15, 0.2) is 0 Å². The lowest BCUT2D eigenvalue weighted by atomic mass is 10.0. The minimum absolute atomic E-state index is 0.391. The lowest BCUT2D eigenvalue weighted by Crippen LogP contribution is -2.29. The number of aromatic nitrogens is 2. The summed E-state index contributed by atoms with van der Waals surface area (Å²) in [7, 11) is 0. The molecule has 0 radical (unpaired) electrons. The number of nitrogens with two attached hydrogens (primary N) is 1. The van der Waals surface area contributed by atoms with E-state index in [0.717, 1.165) is 55.8 Å². The van der Waals surface area contributed by atoms with Crippen molar-refractivity contribution in [3.8, 4) is 0 Å². The highest BCUT2D eigenvalue weighted by Gasteiger charge is 2.16. The SMILES string of the molecule is CCc1nnc(NCCN(CC)CC)c(C(N)=S)c1CC. The second-order valence-corrected chi connectivity index (χ2v) is 5.31. The van der Waals surface area contributed by atoms with E-state index in [1.54, 1.807) is 0 Å². The van der Waals surface area contributed by atoms with Gasteiger partial charge in [0.05, 0.1) is 11.3 Å². The van der Waals surface area contributed by atoms with Gasteiger partial charge < -0.3 is 16.0 Å². The molecule has 21 heavy (non-hydrogen) atoms. The molecule has 0 atom stereocenters. The molecule has 5 nitrogen and oxygen atoms in total. The summed E-state index contributed by atoms with van der Waals surface area (Å²) in [5, 5.41) is 11.9. The number of thiocarbonyl (C=S) groups is 1. The van der Waals surface area contributed by atoms with Crippen LogP contribution in [0, 0.1) is 0 Å². The smallest absolute Gasteiger partial charge is 0.159 e. The molecule has 0 spiro atoms. The molecule has 0 aromatic carbocycles. The number of nitrogens with zero attached hydrogens (tertiary/aromatic N) is 3. The molecule has 3 N–H and O–H groups in total. The zero-order valence-corrected chi connectivity index (χ0v) is 14.4. The summed E-state index contributed by atoms with van der Waals surface area (Å²) in [6.45, 7) is 12.3. The van der Waals surface area contributed by atoms with Gasteiger partial charge in [-0.15, -0.1) is 5.10 Å². The molecule has 0 unspecified atom stereocenters. The predicted molar refractivity (Wildman–Crippen MR) is 93.0 cm³/mol. The van der Waals surface area contributed by atoms with Crippen LogP contribution in [0.3, 0.4) is 0 Å². The highest BCUT2D eigenvalue weighted by atomic mass is 32.1. The van der Waals surface area contributed by atoms with E-state index in [2.05, 4.69) is 48.1 Å². The Labute approximate surface area is 133 Å². The fraction of sp³-hybridized carbons (Fsp3) is 0.667. The van der Waals surface area contributed by atoms with Gasteiger partial charge in [-0.1, -0.05) is 39.9 Å². The second-order valence-electron chi connectivity index (χ2n) is 4.87. The zero-order valence-electron chi connectivity index (χ0n) is 13.6. The monoisotopic (exact) mass is 309 g/mol. The molecule has 0 aliphatic rings. The van der Waals surface area contributed by atoms with Gasteiger partial charge in [0.25, 0.3) is 0 Å². The van der Waals surface area contributed by atoms with Crippen LogP contribution in [0.1, 0.15) is 44.5 Å². The lowest BCUT2D eigenvalue weighted by Gasteiger charge is -2.20. The molecule has 0 bridgehead atoms. The normalized spacial score (nSPS) is 10.9. The van der Waals surface area contributed by atoms with Crippen LogP contribution < -0.4 is 11.1 Å². The third-order valence-corrected chi connectivity index (χ3v) is 3.91. The Morgan fingerprint density at radius 2 is 1.81 bits per heavy atom. The molecule has 6 heteroatoms. The van der Waals surface area contributed by atoms with Crippen molar-refractivity contribution in [1.29, 1.82) is 0 Å². The maximum atomic E-state index is 5.91. The zero-order chi connectivity index (χ0) is 15.8. The van der Waals surface area contributed by atoms with Crippen molar-refractivity contribution in [3.63, 3.8) is 0 Å². The highest BCUT2D eigenvalue weighted by Crippen LogP contribution is 2.20. The summed E-state index contributed by atoms with van der Waals surface area (Å²) in [6.07, 6.45) is 1.70. The molecule has 118 valence electrons. The summed E-state index contributed by atoms with van der Waals surface area (Å²) < 4.78 is 0. The van der Waals surface area contributed by atoms with Crippen LogP contribution in [0.4, 0.5) is 5.82 Å². The van der Waals surface area contributed by atoms with Crippen molar-refractivity contribution in [2.45, 2.75) is 40.5 Å². The van der Waals surface area contributed by atoms with E-state index >= 15 is 0 Å². The van der Waals surface area contributed by atoms with Gasteiger partial charge in [-0.2, -0.15) is 5.10 Å².